The third-order valence-corrected chi connectivity index (χ3v) is 2.28. The van der Waals surface area contributed by atoms with E-state index >= 15 is 0 Å². The summed E-state index contributed by atoms with van der Waals surface area (Å²) in [6.45, 7) is 1.82. The van der Waals surface area contributed by atoms with Crippen molar-refractivity contribution in [2.45, 2.75) is 13.0 Å². The predicted molar refractivity (Wildman–Crippen MR) is 60.3 cm³/mol. The fourth-order valence-electron chi connectivity index (χ4n) is 1.47. The molecule has 0 amide bonds. The molecule has 0 saturated heterocycles. The molecule has 0 saturated carbocycles. The lowest BCUT2D eigenvalue weighted by atomic mass is 10.1. The molecule has 4 nitrogen and oxygen atoms in total. The van der Waals surface area contributed by atoms with Gasteiger partial charge in [0.25, 0.3) is 5.95 Å². The summed E-state index contributed by atoms with van der Waals surface area (Å²) >= 11 is 0. The summed E-state index contributed by atoms with van der Waals surface area (Å²) in [7, 11) is 0. The van der Waals surface area contributed by atoms with E-state index in [4.69, 9.17) is 14.9 Å². The maximum Gasteiger partial charge on any atom is 0.284 e. The van der Waals surface area contributed by atoms with E-state index < -0.39 is 0 Å². The van der Waals surface area contributed by atoms with Crippen molar-refractivity contribution >= 4 is 5.69 Å². The van der Waals surface area contributed by atoms with E-state index in [-0.39, 0.29) is 11.9 Å². The Morgan fingerprint density at radius 2 is 2.19 bits per heavy atom. The van der Waals surface area contributed by atoms with Gasteiger partial charge in [0.05, 0.1) is 6.26 Å². The maximum absolute atomic E-state index is 9.67. The molecule has 4 heteroatoms. The Bertz CT molecular complexity index is 465. The number of furan rings is 1. The molecule has 0 aliphatic rings. The number of phenolic OH excluding ortho intramolecular Hbond substituents is 1. The molecule has 1 aromatic heterocycles. The van der Waals surface area contributed by atoms with Crippen molar-refractivity contribution in [2.24, 2.45) is 0 Å². The first-order valence-corrected chi connectivity index (χ1v) is 4.95. The molecule has 0 fully saturated rings. The van der Waals surface area contributed by atoms with Gasteiger partial charge in [0.15, 0.2) is 0 Å². The van der Waals surface area contributed by atoms with Crippen molar-refractivity contribution in [3.05, 3.63) is 42.2 Å². The Balaban J connectivity index is 2.20. The summed E-state index contributed by atoms with van der Waals surface area (Å²) in [5.74, 6) is 0.572. The van der Waals surface area contributed by atoms with Crippen LogP contribution < -0.4 is 10.5 Å². The summed E-state index contributed by atoms with van der Waals surface area (Å²) < 4.78 is 10.6. The van der Waals surface area contributed by atoms with Crippen LogP contribution in [0.5, 0.6) is 11.7 Å². The molecular weight excluding hydrogens is 206 g/mol. The zero-order valence-electron chi connectivity index (χ0n) is 8.88. The van der Waals surface area contributed by atoms with Crippen LogP contribution in [-0.2, 0) is 0 Å². The Hall–Kier alpha value is -2.10. The van der Waals surface area contributed by atoms with Gasteiger partial charge in [-0.2, -0.15) is 0 Å². The number of hydrogen-bond acceptors (Lipinski definition) is 4. The summed E-state index contributed by atoms with van der Waals surface area (Å²) in [6, 6.07) is 8.31. The molecule has 0 bridgehead atoms. The summed E-state index contributed by atoms with van der Waals surface area (Å²) in [4.78, 5) is 0. The quantitative estimate of drug-likeness (QED) is 0.615. The number of benzene rings is 1. The van der Waals surface area contributed by atoms with Gasteiger partial charge < -0.3 is 20.0 Å². The van der Waals surface area contributed by atoms with Gasteiger partial charge in [-0.3, -0.25) is 0 Å². The van der Waals surface area contributed by atoms with Gasteiger partial charge in [0.2, 0.25) is 0 Å². The Labute approximate surface area is 93.3 Å². The first-order chi connectivity index (χ1) is 7.66. The Kier molecular flexibility index (Phi) is 2.72. The lowest BCUT2D eigenvalue weighted by molar-refractivity contribution is 0.171. The molecule has 1 atom stereocenters. The Morgan fingerprint density at radius 3 is 2.88 bits per heavy atom. The highest BCUT2D eigenvalue weighted by Gasteiger charge is 2.13. The smallest absolute Gasteiger partial charge is 0.284 e. The first-order valence-electron chi connectivity index (χ1n) is 4.95. The second-order valence-corrected chi connectivity index (χ2v) is 3.51. The molecule has 0 aliphatic carbocycles. The normalized spacial score (nSPS) is 12.3. The monoisotopic (exact) mass is 219 g/mol. The molecule has 84 valence electrons. The van der Waals surface area contributed by atoms with Gasteiger partial charge in [0.1, 0.15) is 11.9 Å². The minimum absolute atomic E-state index is 0.160. The van der Waals surface area contributed by atoms with E-state index in [1.54, 1.807) is 30.3 Å². The number of rotatable bonds is 3. The van der Waals surface area contributed by atoms with Crippen LogP contribution in [0.25, 0.3) is 0 Å². The molecule has 0 spiro atoms. The third kappa shape index (κ3) is 2.11. The van der Waals surface area contributed by atoms with Gasteiger partial charge in [0, 0.05) is 17.3 Å². The molecule has 3 N–H and O–H groups in total. The van der Waals surface area contributed by atoms with Crippen LogP contribution in [0.1, 0.15) is 18.6 Å². The molecule has 16 heavy (non-hydrogen) atoms. The average Bonchev–Trinajstić information content (AvgIpc) is 2.74. The summed E-state index contributed by atoms with van der Waals surface area (Å²) in [5, 5.41) is 9.67. The lowest BCUT2D eigenvalue weighted by Gasteiger charge is -2.14. The molecular formula is C12H13NO3. The molecule has 2 rings (SSSR count). The van der Waals surface area contributed by atoms with Crippen molar-refractivity contribution in [3.63, 3.8) is 0 Å². The maximum atomic E-state index is 9.67. The molecule has 2 aromatic rings. The van der Waals surface area contributed by atoms with E-state index in [0.29, 0.717) is 17.2 Å². The van der Waals surface area contributed by atoms with E-state index in [1.165, 1.54) is 6.26 Å². The number of anilines is 1. The average molecular weight is 219 g/mol. The van der Waals surface area contributed by atoms with Crippen molar-refractivity contribution in [2.75, 3.05) is 5.73 Å². The fraction of sp³-hybridized carbons (Fsp3) is 0.167. The summed E-state index contributed by atoms with van der Waals surface area (Å²) in [6.07, 6.45) is 1.20. The van der Waals surface area contributed by atoms with E-state index in [1.807, 2.05) is 6.92 Å². The van der Waals surface area contributed by atoms with Crippen LogP contribution in [0.4, 0.5) is 5.69 Å². The number of ether oxygens (including phenoxy) is 1. The van der Waals surface area contributed by atoms with Crippen LogP contribution in [0, 0.1) is 0 Å². The van der Waals surface area contributed by atoms with Crippen molar-refractivity contribution in [3.8, 4) is 11.7 Å². The van der Waals surface area contributed by atoms with Crippen LogP contribution >= 0.6 is 0 Å². The SMILES string of the molecule is CC(Oc1ccco1)c1cc(N)ccc1O. The zero-order valence-corrected chi connectivity index (χ0v) is 8.88. The second kappa shape index (κ2) is 4.18. The number of phenols is 1. The van der Waals surface area contributed by atoms with E-state index in [2.05, 4.69) is 0 Å². The molecule has 0 aliphatic heterocycles. The van der Waals surface area contributed by atoms with Crippen molar-refractivity contribution < 1.29 is 14.3 Å². The standard InChI is InChI=1S/C12H13NO3/c1-8(16-12-3-2-6-15-12)10-7-9(13)4-5-11(10)14/h2-8,14H,13H2,1H3. The highest BCUT2D eigenvalue weighted by atomic mass is 16.6. The summed E-state index contributed by atoms with van der Waals surface area (Å²) in [5.41, 5.74) is 6.87. The molecule has 1 unspecified atom stereocenters. The van der Waals surface area contributed by atoms with Crippen LogP contribution in [0.3, 0.4) is 0 Å². The number of nitrogen functional groups attached to an aromatic ring is 1. The van der Waals surface area contributed by atoms with Crippen LogP contribution in [0.15, 0.2) is 41.0 Å². The second-order valence-electron chi connectivity index (χ2n) is 3.51. The predicted octanol–water partition coefficient (Wildman–Crippen LogP) is 2.71. The first kappa shape index (κ1) is 10.4. The number of aromatic hydroxyl groups is 1. The molecule has 1 heterocycles. The van der Waals surface area contributed by atoms with Gasteiger partial charge in [-0.1, -0.05) is 0 Å². The van der Waals surface area contributed by atoms with Crippen LogP contribution in [-0.4, -0.2) is 5.11 Å². The highest BCUT2D eigenvalue weighted by molar-refractivity contribution is 5.48. The molecule has 1 aromatic carbocycles. The van der Waals surface area contributed by atoms with Gasteiger partial charge in [-0.25, -0.2) is 0 Å². The Morgan fingerprint density at radius 1 is 1.38 bits per heavy atom. The van der Waals surface area contributed by atoms with Crippen molar-refractivity contribution in [1.29, 1.82) is 0 Å². The number of hydrogen-bond donors (Lipinski definition) is 2. The topological polar surface area (TPSA) is 68.6 Å². The van der Waals surface area contributed by atoms with E-state index in [0.717, 1.165) is 0 Å². The van der Waals surface area contributed by atoms with Crippen LogP contribution in [0.2, 0.25) is 0 Å². The minimum Gasteiger partial charge on any atom is -0.508 e. The van der Waals surface area contributed by atoms with E-state index in [9.17, 15) is 5.11 Å². The highest BCUT2D eigenvalue weighted by Crippen LogP contribution is 2.29. The number of nitrogens with two attached hydrogens (primary N) is 1. The van der Waals surface area contributed by atoms with Gasteiger partial charge >= 0.3 is 0 Å². The largest absolute Gasteiger partial charge is 0.508 e. The fourth-order valence-corrected chi connectivity index (χ4v) is 1.47. The lowest BCUT2D eigenvalue weighted by Crippen LogP contribution is -2.03. The van der Waals surface area contributed by atoms with Gasteiger partial charge in [-0.05, 0) is 31.2 Å². The van der Waals surface area contributed by atoms with Crippen molar-refractivity contribution in [1.82, 2.24) is 0 Å². The van der Waals surface area contributed by atoms with Gasteiger partial charge in [-0.15, -0.1) is 0 Å². The third-order valence-electron chi connectivity index (χ3n) is 2.28. The minimum atomic E-state index is -0.324. The zero-order chi connectivity index (χ0) is 11.5. The molecule has 0 radical (unpaired) electrons.